The number of hydrogen-bond acceptors (Lipinski definition) is 3. The quantitative estimate of drug-likeness (QED) is 0.841. The molecule has 0 spiro atoms. The minimum absolute atomic E-state index is 0.0866. The molecular weight excluding hydrogens is 211 g/mol. The number of aromatic nitrogens is 1. The first kappa shape index (κ1) is 12.4. The van der Waals surface area contributed by atoms with Gasteiger partial charge in [0.15, 0.2) is 0 Å². The summed E-state index contributed by atoms with van der Waals surface area (Å²) in [6, 6.07) is 1.51. The predicted molar refractivity (Wildman–Crippen MR) is 57.3 cm³/mol. The second kappa shape index (κ2) is 4.92. The molecule has 0 bridgehead atoms. The maximum atomic E-state index is 13.1. The molecule has 5 heteroatoms. The van der Waals surface area contributed by atoms with Gasteiger partial charge < -0.3 is 10.1 Å². The molecule has 1 N–H and O–H groups in total. The van der Waals surface area contributed by atoms with Gasteiger partial charge in [-0.2, -0.15) is 0 Å². The third-order valence-corrected chi connectivity index (χ3v) is 1.68. The highest BCUT2D eigenvalue weighted by Crippen LogP contribution is 2.08. The lowest BCUT2D eigenvalue weighted by atomic mass is 10.2. The van der Waals surface area contributed by atoms with Crippen LogP contribution in [0, 0.1) is 5.82 Å². The normalized spacial score (nSPS) is 11.0. The Morgan fingerprint density at radius 2 is 2.25 bits per heavy atom. The summed E-state index contributed by atoms with van der Waals surface area (Å²) in [5, 5.41) is 2.47. The van der Waals surface area contributed by atoms with Gasteiger partial charge in [-0.05, 0) is 26.8 Å². The minimum atomic E-state index is -0.566. The third-order valence-electron chi connectivity index (χ3n) is 1.68. The van der Waals surface area contributed by atoms with Crippen LogP contribution in [0.4, 0.5) is 9.18 Å². The Morgan fingerprint density at radius 3 is 2.81 bits per heavy atom. The van der Waals surface area contributed by atoms with Crippen LogP contribution >= 0.6 is 0 Å². The molecule has 1 rings (SSSR count). The average Bonchev–Trinajstić information content (AvgIpc) is 2.14. The van der Waals surface area contributed by atoms with E-state index < -0.39 is 17.5 Å². The molecule has 4 nitrogen and oxygen atoms in total. The van der Waals surface area contributed by atoms with Gasteiger partial charge in [-0.25, -0.2) is 9.18 Å². The lowest BCUT2D eigenvalue weighted by Gasteiger charge is -2.19. The average molecular weight is 226 g/mol. The number of halogens is 1. The lowest BCUT2D eigenvalue weighted by Crippen LogP contribution is -2.32. The number of ether oxygens (including phenoxy) is 1. The summed E-state index contributed by atoms with van der Waals surface area (Å²) in [6.45, 7) is 5.38. The summed E-state index contributed by atoms with van der Waals surface area (Å²) < 4.78 is 18.1. The number of nitrogens with one attached hydrogen (secondary N) is 1. The second-order valence-corrected chi connectivity index (χ2v) is 4.32. The molecule has 0 radical (unpaired) electrons. The Balaban J connectivity index is 2.47. The summed E-state index contributed by atoms with van der Waals surface area (Å²) >= 11 is 0. The van der Waals surface area contributed by atoms with Crippen LogP contribution < -0.4 is 5.32 Å². The predicted octanol–water partition coefficient (Wildman–Crippen LogP) is 2.25. The molecule has 1 heterocycles. The van der Waals surface area contributed by atoms with Gasteiger partial charge in [-0.3, -0.25) is 4.98 Å². The molecule has 0 atom stereocenters. The smallest absolute Gasteiger partial charge is 0.407 e. The van der Waals surface area contributed by atoms with Crippen LogP contribution in [0.15, 0.2) is 18.5 Å². The molecule has 0 aromatic carbocycles. The van der Waals surface area contributed by atoms with Crippen LogP contribution in [0.3, 0.4) is 0 Å². The van der Waals surface area contributed by atoms with E-state index in [0.29, 0.717) is 5.56 Å². The number of amides is 1. The monoisotopic (exact) mass is 226 g/mol. The van der Waals surface area contributed by atoms with E-state index in [4.69, 9.17) is 4.74 Å². The summed E-state index contributed by atoms with van der Waals surface area (Å²) in [6.07, 6.45) is 2.00. The largest absolute Gasteiger partial charge is 0.444 e. The van der Waals surface area contributed by atoms with E-state index in [1.807, 2.05) is 0 Å². The Kier molecular flexibility index (Phi) is 3.82. The molecular formula is C11H15FN2O2. The van der Waals surface area contributed by atoms with Crippen molar-refractivity contribution in [3.8, 4) is 0 Å². The van der Waals surface area contributed by atoms with Crippen molar-refractivity contribution >= 4 is 6.09 Å². The zero-order chi connectivity index (χ0) is 12.2. The highest BCUT2D eigenvalue weighted by Gasteiger charge is 2.15. The summed E-state index contributed by atoms with van der Waals surface area (Å²) in [5.41, 5.74) is -0.179. The molecule has 0 aliphatic rings. The maximum absolute atomic E-state index is 13.1. The highest BCUT2D eigenvalue weighted by molar-refractivity contribution is 5.67. The van der Waals surface area contributed by atoms with E-state index in [9.17, 15) is 9.18 Å². The van der Waals surface area contributed by atoms with Crippen molar-refractivity contribution in [1.82, 2.24) is 10.3 Å². The van der Waals surface area contributed by atoms with Gasteiger partial charge in [0.2, 0.25) is 0 Å². The van der Waals surface area contributed by atoms with Crippen LogP contribution in [0.2, 0.25) is 0 Å². The molecule has 0 aliphatic carbocycles. The van der Waals surface area contributed by atoms with Crippen molar-refractivity contribution in [2.24, 2.45) is 0 Å². The van der Waals surface area contributed by atoms with Gasteiger partial charge >= 0.3 is 6.09 Å². The third kappa shape index (κ3) is 4.25. The van der Waals surface area contributed by atoms with Crippen molar-refractivity contribution in [3.63, 3.8) is 0 Å². The first-order chi connectivity index (χ1) is 7.38. The first-order valence-electron chi connectivity index (χ1n) is 4.94. The number of rotatable bonds is 2. The van der Waals surface area contributed by atoms with E-state index in [2.05, 4.69) is 10.3 Å². The van der Waals surface area contributed by atoms with E-state index in [1.165, 1.54) is 12.3 Å². The zero-order valence-corrected chi connectivity index (χ0v) is 9.58. The Labute approximate surface area is 93.8 Å². The Hall–Kier alpha value is -1.65. The van der Waals surface area contributed by atoms with Crippen molar-refractivity contribution in [1.29, 1.82) is 0 Å². The number of carbonyl (C=O) groups excluding carboxylic acids is 1. The number of hydrogen-bond donors (Lipinski definition) is 1. The Morgan fingerprint density at radius 1 is 1.56 bits per heavy atom. The van der Waals surface area contributed by atoms with Crippen LogP contribution in [-0.2, 0) is 11.3 Å². The van der Waals surface area contributed by atoms with Gasteiger partial charge in [0.1, 0.15) is 11.4 Å². The number of carbonyl (C=O) groups is 1. The Bertz CT molecular complexity index is 374. The van der Waals surface area contributed by atoms with Gasteiger partial charge in [0, 0.05) is 18.3 Å². The van der Waals surface area contributed by atoms with Crippen LogP contribution in [-0.4, -0.2) is 16.7 Å². The molecule has 0 saturated carbocycles. The number of nitrogens with zero attached hydrogens (tertiary/aromatic N) is 1. The van der Waals surface area contributed by atoms with Crippen molar-refractivity contribution < 1.29 is 13.9 Å². The number of pyridine rings is 1. The SMILES string of the molecule is CC(C)(C)OC(=O)NCc1ccncc1F. The fourth-order valence-corrected chi connectivity index (χ4v) is 1.03. The molecule has 16 heavy (non-hydrogen) atoms. The van der Waals surface area contributed by atoms with Gasteiger partial charge in [-0.1, -0.05) is 0 Å². The van der Waals surface area contributed by atoms with Crippen LogP contribution in [0.5, 0.6) is 0 Å². The molecule has 1 aromatic heterocycles. The van der Waals surface area contributed by atoms with Crippen LogP contribution in [0.25, 0.3) is 0 Å². The highest BCUT2D eigenvalue weighted by atomic mass is 19.1. The van der Waals surface area contributed by atoms with Crippen molar-refractivity contribution in [2.75, 3.05) is 0 Å². The van der Waals surface area contributed by atoms with Crippen LogP contribution in [0.1, 0.15) is 26.3 Å². The molecule has 1 amide bonds. The van der Waals surface area contributed by atoms with E-state index in [-0.39, 0.29) is 6.54 Å². The topological polar surface area (TPSA) is 51.2 Å². The number of alkyl carbamates (subject to hydrolysis) is 1. The molecule has 0 aliphatic heterocycles. The van der Waals surface area contributed by atoms with Crippen molar-refractivity contribution in [3.05, 3.63) is 29.8 Å². The molecule has 0 fully saturated rings. The van der Waals surface area contributed by atoms with Gasteiger partial charge in [0.25, 0.3) is 0 Å². The summed E-state index contributed by atoms with van der Waals surface area (Å²) in [7, 11) is 0. The van der Waals surface area contributed by atoms with E-state index in [0.717, 1.165) is 6.20 Å². The summed E-state index contributed by atoms with van der Waals surface area (Å²) in [5.74, 6) is -0.446. The van der Waals surface area contributed by atoms with Gasteiger partial charge in [0.05, 0.1) is 6.20 Å². The fourth-order valence-electron chi connectivity index (χ4n) is 1.03. The summed E-state index contributed by atoms with van der Waals surface area (Å²) in [4.78, 5) is 14.9. The molecule has 88 valence electrons. The van der Waals surface area contributed by atoms with Gasteiger partial charge in [-0.15, -0.1) is 0 Å². The molecule has 0 unspecified atom stereocenters. The minimum Gasteiger partial charge on any atom is -0.444 e. The van der Waals surface area contributed by atoms with E-state index in [1.54, 1.807) is 20.8 Å². The van der Waals surface area contributed by atoms with E-state index >= 15 is 0 Å². The standard InChI is InChI=1S/C11H15FN2O2/c1-11(2,3)16-10(15)14-6-8-4-5-13-7-9(8)12/h4-5,7H,6H2,1-3H3,(H,14,15). The first-order valence-corrected chi connectivity index (χ1v) is 4.94. The zero-order valence-electron chi connectivity index (χ0n) is 9.58. The molecule has 0 saturated heterocycles. The maximum Gasteiger partial charge on any atom is 0.407 e. The lowest BCUT2D eigenvalue weighted by molar-refractivity contribution is 0.0523. The fraction of sp³-hybridized carbons (Fsp3) is 0.455. The van der Waals surface area contributed by atoms with Crippen molar-refractivity contribution in [2.45, 2.75) is 32.9 Å². The molecule has 1 aromatic rings. The second-order valence-electron chi connectivity index (χ2n) is 4.32.